The lowest BCUT2D eigenvalue weighted by Gasteiger charge is -2.13. The van der Waals surface area contributed by atoms with E-state index in [0.717, 1.165) is 12.1 Å². The van der Waals surface area contributed by atoms with Gasteiger partial charge >= 0.3 is 18.0 Å². The highest BCUT2D eigenvalue weighted by Gasteiger charge is 2.23. The van der Waals surface area contributed by atoms with Crippen molar-refractivity contribution >= 4 is 35.3 Å². The van der Waals surface area contributed by atoms with Crippen molar-refractivity contribution < 1.29 is 29.0 Å². The molecule has 1 aromatic rings. The first-order valence-corrected chi connectivity index (χ1v) is 5.64. The van der Waals surface area contributed by atoms with Crippen molar-refractivity contribution in [3.63, 3.8) is 0 Å². The Morgan fingerprint density at radius 2 is 1.90 bits per heavy atom. The van der Waals surface area contributed by atoms with E-state index in [-0.39, 0.29) is 10.7 Å². The number of amides is 2. The van der Waals surface area contributed by atoms with Crippen LogP contribution in [0, 0.1) is 5.82 Å². The van der Waals surface area contributed by atoms with Gasteiger partial charge < -0.3 is 20.8 Å². The SMILES string of the molecule is O=C(O)CC(NC(=O)Nc1cc(F)cc(Cl)c1)C(=O)O. The maximum absolute atomic E-state index is 13.0. The lowest BCUT2D eigenvalue weighted by molar-refractivity contribution is -0.145. The molecule has 0 saturated heterocycles. The zero-order chi connectivity index (χ0) is 15.3. The number of carbonyl (C=O) groups is 3. The predicted octanol–water partition coefficient (Wildman–Crippen LogP) is 1.53. The molecule has 1 aromatic carbocycles. The van der Waals surface area contributed by atoms with Crippen LogP contribution in [0.15, 0.2) is 18.2 Å². The van der Waals surface area contributed by atoms with Gasteiger partial charge in [-0.3, -0.25) is 4.79 Å². The van der Waals surface area contributed by atoms with E-state index in [0.29, 0.717) is 0 Å². The molecule has 0 aliphatic rings. The van der Waals surface area contributed by atoms with Gasteiger partial charge in [-0.25, -0.2) is 14.0 Å². The molecule has 1 atom stereocenters. The summed E-state index contributed by atoms with van der Waals surface area (Å²) in [4.78, 5) is 32.7. The number of carbonyl (C=O) groups excluding carboxylic acids is 1. The van der Waals surface area contributed by atoms with Gasteiger partial charge in [0.1, 0.15) is 11.9 Å². The van der Waals surface area contributed by atoms with Gasteiger partial charge in [0.05, 0.1) is 6.42 Å². The van der Waals surface area contributed by atoms with Gasteiger partial charge in [0, 0.05) is 10.7 Å². The summed E-state index contributed by atoms with van der Waals surface area (Å²) < 4.78 is 13.0. The third kappa shape index (κ3) is 5.11. The highest BCUT2D eigenvalue weighted by Crippen LogP contribution is 2.17. The zero-order valence-corrected chi connectivity index (χ0v) is 10.6. The summed E-state index contributed by atoms with van der Waals surface area (Å²) in [5.74, 6) is -3.57. The van der Waals surface area contributed by atoms with Gasteiger partial charge in [-0.1, -0.05) is 11.6 Å². The Labute approximate surface area is 117 Å². The van der Waals surface area contributed by atoms with E-state index >= 15 is 0 Å². The van der Waals surface area contributed by atoms with Crippen LogP contribution in [0.2, 0.25) is 5.02 Å². The third-order valence-electron chi connectivity index (χ3n) is 2.10. The van der Waals surface area contributed by atoms with E-state index in [1.807, 2.05) is 5.32 Å². The van der Waals surface area contributed by atoms with Gasteiger partial charge in [-0.15, -0.1) is 0 Å². The van der Waals surface area contributed by atoms with Crippen LogP contribution in [0.3, 0.4) is 0 Å². The normalized spacial score (nSPS) is 11.5. The number of rotatable bonds is 5. The summed E-state index contributed by atoms with van der Waals surface area (Å²) in [5.41, 5.74) is 0.00645. The highest BCUT2D eigenvalue weighted by atomic mass is 35.5. The third-order valence-corrected chi connectivity index (χ3v) is 2.32. The molecule has 7 nitrogen and oxygen atoms in total. The van der Waals surface area contributed by atoms with E-state index < -0.39 is 36.2 Å². The molecule has 1 unspecified atom stereocenters. The first-order valence-electron chi connectivity index (χ1n) is 5.26. The van der Waals surface area contributed by atoms with Crippen molar-refractivity contribution in [1.82, 2.24) is 5.32 Å². The van der Waals surface area contributed by atoms with E-state index in [1.54, 1.807) is 0 Å². The molecule has 0 saturated carbocycles. The quantitative estimate of drug-likeness (QED) is 0.658. The number of carboxylic acids is 2. The minimum Gasteiger partial charge on any atom is -0.481 e. The van der Waals surface area contributed by atoms with Gasteiger partial charge in [0.25, 0.3) is 0 Å². The average molecular weight is 305 g/mol. The summed E-state index contributed by atoms with van der Waals surface area (Å²) in [6.07, 6.45) is -0.785. The summed E-state index contributed by atoms with van der Waals surface area (Å²) in [7, 11) is 0. The summed E-state index contributed by atoms with van der Waals surface area (Å²) in [6, 6.07) is 0.655. The summed E-state index contributed by atoms with van der Waals surface area (Å²) in [6.45, 7) is 0. The van der Waals surface area contributed by atoms with Crippen molar-refractivity contribution in [2.45, 2.75) is 12.5 Å². The van der Waals surface area contributed by atoms with Crippen molar-refractivity contribution in [2.75, 3.05) is 5.32 Å². The van der Waals surface area contributed by atoms with Crippen LogP contribution in [0.5, 0.6) is 0 Å². The van der Waals surface area contributed by atoms with E-state index in [4.69, 9.17) is 21.8 Å². The highest BCUT2D eigenvalue weighted by molar-refractivity contribution is 6.30. The summed E-state index contributed by atoms with van der Waals surface area (Å²) in [5, 5.41) is 21.4. The molecule has 0 fully saturated rings. The Kier molecular flexibility index (Phi) is 5.27. The monoisotopic (exact) mass is 304 g/mol. The van der Waals surface area contributed by atoms with Crippen LogP contribution < -0.4 is 10.6 Å². The van der Waals surface area contributed by atoms with Crippen LogP contribution in [0.25, 0.3) is 0 Å². The van der Waals surface area contributed by atoms with Crippen molar-refractivity contribution in [3.8, 4) is 0 Å². The number of nitrogens with one attached hydrogen (secondary N) is 2. The molecule has 2 amide bonds. The van der Waals surface area contributed by atoms with Gasteiger partial charge in [0.2, 0.25) is 0 Å². The molecule has 108 valence electrons. The maximum atomic E-state index is 13.0. The molecule has 0 aliphatic carbocycles. The molecular weight excluding hydrogens is 295 g/mol. The number of benzene rings is 1. The Balaban J connectivity index is 2.70. The second kappa shape index (κ2) is 6.71. The number of carboxylic acid groups (broad SMARTS) is 2. The largest absolute Gasteiger partial charge is 0.481 e. The first-order chi connectivity index (χ1) is 9.27. The van der Waals surface area contributed by atoms with E-state index in [9.17, 15) is 18.8 Å². The lowest BCUT2D eigenvalue weighted by Crippen LogP contribution is -2.44. The Bertz CT molecular complexity index is 531. The minimum atomic E-state index is -1.60. The smallest absolute Gasteiger partial charge is 0.326 e. The fourth-order valence-electron chi connectivity index (χ4n) is 1.33. The van der Waals surface area contributed by atoms with Gasteiger partial charge in [-0.05, 0) is 18.2 Å². The topological polar surface area (TPSA) is 116 Å². The number of anilines is 1. The van der Waals surface area contributed by atoms with E-state index in [1.165, 1.54) is 6.07 Å². The molecule has 4 N–H and O–H groups in total. The van der Waals surface area contributed by atoms with Crippen LogP contribution >= 0.6 is 11.6 Å². The number of hydrogen-bond donors (Lipinski definition) is 4. The molecule has 0 spiro atoms. The Morgan fingerprint density at radius 1 is 1.25 bits per heavy atom. The standard InChI is InChI=1S/C11H10ClFN2O5/c12-5-1-6(13)3-7(2-5)14-11(20)15-8(10(18)19)4-9(16)17/h1-3,8H,4H2,(H,16,17)(H,18,19)(H2,14,15,20). The van der Waals surface area contributed by atoms with E-state index in [2.05, 4.69) is 5.32 Å². The zero-order valence-electron chi connectivity index (χ0n) is 9.89. The van der Waals surface area contributed by atoms with Gasteiger partial charge in [0.15, 0.2) is 0 Å². The van der Waals surface area contributed by atoms with Crippen LogP contribution in [0.4, 0.5) is 14.9 Å². The molecule has 0 aliphatic heterocycles. The molecular formula is C11H10ClFN2O5. The van der Waals surface area contributed by atoms with Gasteiger partial charge in [-0.2, -0.15) is 0 Å². The average Bonchev–Trinajstić information content (AvgIpc) is 2.25. The number of aliphatic carboxylic acids is 2. The maximum Gasteiger partial charge on any atom is 0.326 e. The fraction of sp³-hybridized carbons (Fsp3) is 0.182. The molecule has 0 radical (unpaired) electrons. The van der Waals surface area contributed by atoms with Crippen LogP contribution in [-0.2, 0) is 9.59 Å². The predicted molar refractivity (Wildman–Crippen MR) is 67.2 cm³/mol. The first kappa shape index (κ1) is 15.7. The second-order valence-corrected chi connectivity index (χ2v) is 4.18. The summed E-state index contributed by atoms with van der Waals surface area (Å²) >= 11 is 5.58. The fourth-order valence-corrected chi connectivity index (χ4v) is 1.55. The molecule has 1 rings (SSSR count). The lowest BCUT2D eigenvalue weighted by atomic mass is 10.2. The van der Waals surface area contributed by atoms with Crippen LogP contribution in [-0.4, -0.2) is 34.2 Å². The number of urea groups is 1. The molecule has 0 aromatic heterocycles. The van der Waals surface area contributed by atoms with Crippen molar-refractivity contribution in [2.24, 2.45) is 0 Å². The Hall–Kier alpha value is -2.35. The number of halogens is 2. The molecule has 0 bridgehead atoms. The minimum absolute atomic E-state index is 0.00645. The molecule has 9 heteroatoms. The molecule has 0 heterocycles. The van der Waals surface area contributed by atoms with Crippen molar-refractivity contribution in [3.05, 3.63) is 29.0 Å². The van der Waals surface area contributed by atoms with Crippen LogP contribution in [0.1, 0.15) is 6.42 Å². The van der Waals surface area contributed by atoms with Crippen molar-refractivity contribution in [1.29, 1.82) is 0 Å². The Morgan fingerprint density at radius 3 is 2.40 bits per heavy atom. The molecule has 20 heavy (non-hydrogen) atoms. The second-order valence-electron chi connectivity index (χ2n) is 3.75. The number of hydrogen-bond acceptors (Lipinski definition) is 3.